The first-order valence-electron chi connectivity index (χ1n) is 6.85. The Morgan fingerprint density at radius 1 is 1.45 bits per heavy atom. The topological polar surface area (TPSA) is 47.6 Å². The van der Waals surface area contributed by atoms with Gasteiger partial charge < -0.3 is 14.8 Å². The van der Waals surface area contributed by atoms with E-state index in [0.717, 1.165) is 25.9 Å². The number of carbonyl (C=O) groups excluding carboxylic acids is 1. The van der Waals surface area contributed by atoms with Crippen LogP contribution in [0.5, 0.6) is 5.75 Å². The molecule has 1 saturated heterocycles. The number of hydrogen-bond donors (Lipinski definition) is 1. The van der Waals surface area contributed by atoms with Gasteiger partial charge in [0.05, 0.1) is 6.10 Å². The molecule has 0 bridgehead atoms. The predicted molar refractivity (Wildman–Crippen MR) is 76.7 cm³/mol. The Balaban J connectivity index is 1.75. The maximum absolute atomic E-state index is 11.9. The Labute approximate surface area is 119 Å². The smallest absolute Gasteiger partial charge is 0.251 e. The Morgan fingerprint density at radius 2 is 2.25 bits per heavy atom. The van der Waals surface area contributed by atoms with E-state index in [9.17, 15) is 4.79 Å². The van der Waals surface area contributed by atoms with Crippen LogP contribution in [0.3, 0.4) is 0 Å². The molecule has 0 radical (unpaired) electrons. The Kier molecular flexibility index (Phi) is 5.45. The van der Waals surface area contributed by atoms with Crippen molar-refractivity contribution in [2.24, 2.45) is 0 Å². The number of nitrogens with one attached hydrogen (secondary N) is 1. The SMILES string of the molecule is C#CCOc1ccc(C(=O)NCC[C@H]2CCCO2)cc1. The van der Waals surface area contributed by atoms with Crippen molar-refractivity contribution < 1.29 is 14.3 Å². The molecule has 1 aromatic rings. The zero-order chi connectivity index (χ0) is 14.2. The van der Waals surface area contributed by atoms with Crippen molar-refractivity contribution in [2.75, 3.05) is 19.8 Å². The van der Waals surface area contributed by atoms with Gasteiger partial charge in [0.1, 0.15) is 12.4 Å². The molecule has 0 aromatic heterocycles. The molecular formula is C16H19NO3. The summed E-state index contributed by atoms with van der Waals surface area (Å²) in [5.74, 6) is 2.98. The minimum atomic E-state index is -0.0773. The summed E-state index contributed by atoms with van der Waals surface area (Å²) >= 11 is 0. The number of ether oxygens (including phenoxy) is 2. The lowest BCUT2D eigenvalue weighted by Crippen LogP contribution is -2.26. The molecule has 20 heavy (non-hydrogen) atoms. The second-order valence-electron chi connectivity index (χ2n) is 4.70. The predicted octanol–water partition coefficient (Wildman–Crippen LogP) is 2.00. The average Bonchev–Trinajstić information content (AvgIpc) is 2.99. The van der Waals surface area contributed by atoms with E-state index in [1.807, 2.05) is 0 Å². The summed E-state index contributed by atoms with van der Waals surface area (Å²) in [5.41, 5.74) is 0.616. The van der Waals surface area contributed by atoms with Crippen LogP contribution in [0.1, 0.15) is 29.6 Å². The van der Waals surface area contributed by atoms with Gasteiger partial charge in [-0.15, -0.1) is 6.42 Å². The lowest BCUT2D eigenvalue weighted by atomic mass is 10.1. The van der Waals surface area contributed by atoms with Crippen molar-refractivity contribution in [3.8, 4) is 18.1 Å². The molecule has 0 spiro atoms. The molecule has 1 aliphatic rings. The molecule has 4 heteroatoms. The van der Waals surface area contributed by atoms with E-state index in [0.29, 0.717) is 24.0 Å². The van der Waals surface area contributed by atoms with Gasteiger partial charge in [-0.3, -0.25) is 4.79 Å². The van der Waals surface area contributed by atoms with Crippen molar-refractivity contribution in [2.45, 2.75) is 25.4 Å². The van der Waals surface area contributed by atoms with Gasteiger partial charge in [0.25, 0.3) is 5.91 Å². The lowest BCUT2D eigenvalue weighted by Gasteiger charge is -2.10. The maximum Gasteiger partial charge on any atom is 0.251 e. The van der Waals surface area contributed by atoms with Gasteiger partial charge in [-0.2, -0.15) is 0 Å². The number of benzene rings is 1. The summed E-state index contributed by atoms with van der Waals surface area (Å²) < 4.78 is 10.8. The van der Waals surface area contributed by atoms with Crippen LogP contribution in [0.2, 0.25) is 0 Å². The fourth-order valence-corrected chi connectivity index (χ4v) is 2.15. The fourth-order valence-electron chi connectivity index (χ4n) is 2.15. The summed E-state index contributed by atoms with van der Waals surface area (Å²) in [7, 11) is 0. The van der Waals surface area contributed by atoms with E-state index in [-0.39, 0.29) is 12.5 Å². The zero-order valence-corrected chi connectivity index (χ0v) is 11.4. The molecule has 1 atom stereocenters. The van der Waals surface area contributed by atoms with Crippen LogP contribution in [-0.4, -0.2) is 31.8 Å². The number of carbonyl (C=O) groups is 1. The molecule has 106 valence electrons. The minimum absolute atomic E-state index is 0.0773. The molecule has 0 saturated carbocycles. The van der Waals surface area contributed by atoms with Crippen LogP contribution in [0.15, 0.2) is 24.3 Å². The molecule has 1 N–H and O–H groups in total. The third-order valence-electron chi connectivity index (χ3n) is 3.21. The molecule has 1 aliphatic heterocycles. The molecule has 0 unspecified atom stereocenters. The van der Waals surface area contributed by atoms with Crippen LogP contribution in [0.25, 0.3) is 0 Å². The highest BCUT2D eigenvalue weighted by Crippen LogP contribution is 2.15. The fraction of sp³-hybridized carbons (Fsp3) is 0.438. The van der Waals surface area contributed by atoms with E-state index in [1.54, 1.807) is 24.3 Å². The van der Waals surface area contributed by atoms with Gasteiger partial charge in [-0.1, -0.05) is 5.92 Å². The molecule has 1 fully saturated rings. The molecule has 1 heterocycles. The largest absolute Gasteiger partial charge is 0.481 e. The molecule has 1 aromatic carbocycles. The van der Waals surface area contributed by atoms with Gasteiger partial charge in [0.15, 0.2) is 0 Å². The average molecular weight is 273 g/mol. The lowest BCUT2D eigenvalue weighted by molar-refractivity contribution is 0.0907. The highest BCUT2D eigenvalue weighted by Gasteiger charge is 2.15. The molecule has 1 amide bonds. The van der Waals surface area contributed by atoms with Gasteiger partial charge >= 0.3 is 0 Å². The Bertz CT molecular complexity index is 469. The van der Waals surface area contributed by atoms with E-state index >= 15 is 0 Å². The van der Waals surface area contributed by atoms with Gasteiger partial charge in [0.2, 0.25) is 0 Å². The second-order valence-corrected chi connectivity index (χ2v) is 4.70. The third kappa shape index (κ3) is 4.29. The first-order chi connectivity index (χ1) is 9.79. The van der Waals surface area contributed by atoms with Gasteiger partial charge in [0, 0.05) is 18.7 Å². The summed E-state index contributed by atoms with van der Waals surface area (Å²) in [6, 6.07) is 6.94. The summed E-state index contributed by atoms with van der Waals surface area (Å²) in [5, 5.41) is 2.90. The molecular weight excluding hydrogens is 254 g/mol. The van der Waals surface area contributed by atoms with Crippen LogP contribution < -0.4 is 10.1 Å². The quantitative estimate of drug-likeness (QED) is 0.806. The highest BCUT2D eigenvalue weighted by molar-refractivity contribution is 5.94. The summed E-state index contributed by atoms with van der Waals surface area (Å²) in [4.78, 5) is 11.9. The van der Waals surface area contributed by atoms with Crippen molar-refractivity contribution in [1.82, 2.24) is 5.32 Å². The molecule has 2 rings (SSSR count). The number of terminal acetylenes is 1. The van der Waals surface area contributed by atoms with Gasteiger partial charge in [-0.05, 0) is 43.5 Å². The summed E-state index contributed by atoms with van der Waals surface area (Å²) in [6.45, 7) is 1.71. The van der Waals surface area contributed by atoms with Crippen molar-refractivity contribution in [3.05, 3.63) is 29.8 Å². The Hall–Kier alpha value is -1.99. The van der Waals surface area contributed by atoms with Crippen molar-refractivity contribution >= 4 is 5.91 Å². The zero-order valence-electron chi connectivity index (χ0n) is 11.4. The van der Waals surface area contributed by atoms with Crippen LogP contribution in [-0.2, 0) is 4.74 Å². The normalized spacial score (nSPS) is 17.4. The highest BCUT2D eigenvalue weighted by atomic mass is 16.5. The summed E-state index contributed by atoms with van der Waals surface area (Å²) in [6.07, 6.45) is 8.50. The van der Waals surface area contributed by atoms with E-state index in [4.69, 9.17) is 15.9 Å². The number of hydrogen-bond acceptors (Lipinski definition) is 3. The standard InChI is InChI=1S/C16H19NO3/c1-2-11-19-15-7-5-13(6-8-15)16(18)17-10-9-14-4-3-12-20-14/h1,5-8,14H,3-4,9-12H2,(H,17,18)/t14-/m1/s1. The van der Waals surface area contributed by atoms with Crippen LogP contribution in [0.4, 0.5) is 0 Å². The van der Waals surface area contributed by atoms with Crippen molar-refractivity contribution in [3.63, 3.8) is 0 Å². The monoisotopic (exact) mass is 273 g/mol. The maximum atomic E-state index is 11.9. The second kappa shape index (κ2) is 7.56. The van der Waals surface area contributed by atoms with Crippen LogP contribution >= 0.6 is 0 Å². The minimum Gasteiger partial charge on any atom is -0.481 e. The van der Waals surface area contributed by atoms with Crippen molar-refractivity contribution in [1.29, 1.82) is 0 Å². The third-order valence-corrected chi connectivity index (χ3v) is 3.21. The number of amides is 1. The number of rotatable bonds is 6. The van der Waals surface area contributed by atoms with Crippen LogP contribution in [0, 0.1) is 12.3 Å². The van der Waals surface area contributed by atoms with Gasteiger partial charge in [-0.25, -0.2) is 0 Å². The molecule has 0 aliphatic carbocycles. The van der Waals surface area contributed by atoms with E-state index in [2.05, 4.69) is 11.2 Å². The first-order valence-corrected chi connectivity index (χ1v) is 6.85. The van der Waals surface area contributed by atoms with E-state index < -0.39 is 0 Å². The first kappa shape index (κ1) is 14.4. The Morgan fingerprint density at radius 3 is 2.90 bits per heavy atom. The molecule has 4 nitrogen and oxygen atoms in total. The van der Waals surface area contributed by atoms with E-state index in [1.165, 1.54) is 0 Å².